The highest BCUT2D eigenvalue weighted by molar-refractivity contribution is 6.30. The number of carbonyl (C=O) groups is 3. The zero-order valence-corrected chi connectivity index (χ0v) is 30.3. The Morgan fingerprint density at radius 1 is 0.959 bits per heavy atom. The predicted molar refractivity (Wildman–Crippen MR) is 190 cm³/mol. The lowest BCUT2D eigenvalue weighted by molar-refractivity contribution is -0.153. The normalized spacial score (nSPS) is 21.3. The summed E-state index contributed by atoms with van der Waals surface area (Å²) in [7, 11) is 0. The van der Waals surface area contributed by atoms with Crippen LogP contribution in [0.5, 0.6) is 5.75 Å². The molecule has 0 spiro atoms. The van der Waals surface area contributed by atoms with Crippen LogP contribution in [0.25, 0.3) is 0 Å². The number of hydrogen-bond acceptors (Lipinski definition) is 7. The molecule has 0 radical (unpaired) electrons. The SMILES string of the molecule is CCOc1cc(C(C)(C)C)ncc1C1=N[C@@](C)(c2ccc(Cl)cc2)[C@@](C)(c2ccc(Cl)cc2)N1C(=O)N1CCC(C(=O)OCC(N)=O)CC1. The minimum absolute atomic E-state index is 0.254. The molecule has 1 fully saturated rings. The Morgan fingerprint density at radius 3 is 2.06 bits per heavy atom. The van der Waals surface area contributed by atoms with Crippen LogP contribution in [0.2, 0.25) is 10.0 Å². The van der Waals surface area contributed by atoms with Gasteiger partial charge in [0, 0.05) is 46.5 Å². The number of aliphatic imine (C=N–C) groups is 1. The van der Waals surface area contributed by atoms with E-state index in [9.17, 15) is 9.59 Å². The zero-order valence-electron chi connectivity index (χ0n) is 28.8. The zero-order chi connectivity index (χ0) is 35.7. The van der Waals surface area contributed by atoms with Gasteiger partial charge < -0.3 is 20.1 Å². The Kier molecular flexibility index (Phi) is 10.3. The fraction of sp³-hybridized carbons (Fsp3) is 0.432. The van der Waals surface area contributed by atoms with Gasteiger partial charge in [0.15, 0.2) is 6.61 Å². The molecule has 0 bridgehead atoms. The Hall–Kier alpha value is -4.15. The molecule has 1 aromatic heterocycles. The molecule has 260 valence electrons. The lowest BCUT2D eigenvalue weighted by Gasteiger charge is -2.47. The van der Waals surface area contributed by atoms with E-state index >= 15 is 4.79 Å². The van der Waals surface area contributed by atoms with E-state index in [4.69, 9.17) is 48.4 Å². The number of benzene rings is 2. The van der Waals surface area contributed by atoms with Crippen molar-refractivity contribution < 1.29 is 23.9 Å². The van der Waals surface area contributed by atoms with Gasteiger partial charge in [-0.05, 0) is 69.0 Å². The lowest BCUT2D eigenvalue weighted by Crippen LogP contribution is -2.59. The van der Waals surface area contributed by atoms with Crippen LogP contribution in [-0.2, 0) is 30.8 Å². The number of rotatable bonds is 8. The molecule has 0 saturated carbocycles. The van der Waals surface area contributed by atoms with Gasteiger partial charge in [-0.1, -0.05) is 68.2 Å². The van der Waals surface area contributed by atoms with Crippen molar-refractivity contribution >= 4 is 46.9 Å². The van der Waals surface area contributed by atoms with Crippen molar-refractivity contribution in [3.05, 3.63) is 93.2 Å². The summed E-state index contributed by atoms with van der Waals surface area (Å²) in [6, 6.07) is 16.6. The first-order valence-electron chi connectivity index (χ1n) is 16.4. The van der Waals surface area contributed by atoms with Crippen LogP contribution in [0.15, 0.2) is 65.8 Å². The molecule has 1 saturated heterocycles. The first-order chi connectivity index (χ1) is 23.1. The number of carbonyl (C=O) groups excluding carboxylic acids is 3. The van der Waals surface area contributed by atoms with Gasteiger partial charge in [0.2, 0.25) is 0 Å². The summed E-state index contributed by atoms with van der Waals surface area (Å²) in [5, 5.41) is 1.14. The maximum absolute atomic E-state index is 15.1. The molecule has 0 aliphatic carbocycles. The minimum atomic E-state index is -1.10. The molecule has 3 aromatic rings. The fourth-order valence-electron chi connectivity index (χ4n) is 6.57. The van der Waals surface area contributed by atoms with Crippen LogP contribution < -0.4 is 10.5 Å². The number of primary amides is 1. The number of esters is 1. The van der Waals surface area contributed by atoms with E-state index in [-0.39, 0.29) is 24.5 Å². The third-order valence-corrected chi connectivity index (χ3v) is 10.1. The molecule has 3 amide bonds. The monoisotopic (exact) mass is 707 g/mol. The van der Waals surface area contributed by atoms with Crippen molar-refractivity contribution in [2.75, 3.05) is 26.3 Å². The van der Waals surface area contributed by atoms with Gasteiger partial charge in [0.1, 0.15) is 22.7 Å². The molecule has 49 heavy (non-hydrogen) atoms. The van der Waals surface area contributed by atoms with E-state index in [1.165, 1.54) is 0 Å². The van der Waals surface area contributed by atoms with E-state index in [0.717, 1.165) is 16.8 Å². The van der Waals surface area contributed by atoms with Crippen LogP contribution in [0, 0.1) is 5.92 Å². The number of aromatic nitrogens is 1. The third kappa shape index (κ3) is 6.99. The highest BCUT2D eigenvalue weighted by atomic mass is 35.5. The van der Waals surface area contributed by atoms with E-state index < -0.39 is 35.5 Å². The van der Waals surface area contributed by atoms with Crippen molar-refractivity contribution in [2.24, 2.45) is 16.6 Å². The Bertz CT molecular complexity index is 1750. The van der Waals surface area contributed by atoms with Crippen LogP contribution in [-0.4, -0.2) is 64.8 Å². The fourth-order valence-corrected chi connectivity index (χ4v) is 6.82. The second-order valence-corrected chi connectivity index (χ2v) is 14.7. The molecular formula is C37H43Cl2N5O5. The highest BCUT2D eigenvalue weighted by Gasteiger charge is 2.60. The smallest absolute Gasteiger partial charge is 0.326 e. The summed E-state index contributed by atoms with van der Waals surface area (Å²) in [5.41, 5.74) is 5.85. The molecule has 2 atom stereocenters. The lowest BCUT2D eigenvalue weighted by atomic mass is 9.71. The van der Waals surface area contributed by atoms with E-state index in [1.54, 1.807) is 28.1 Å². The highest BCUT2D eigenvalue weighted by Crippen LogP contribution is 2.54. The number of amides is 3. The molecular weight excluding hydrogens is 665 g/mol. The van der Waals surface area contributed by atoms with Gasteiger partial charge in [0.05, 0.1) is 18.1 Å². The number of amidine groups is 1. The number of likely N-dealkylation sites (tertiary alicyclic amines) is 1. The summed E-state index contributed by atoms with van der Waals surface area (Å²) >= 11 is 12.7. The van der Waals surface area contributed by atoms with Gasteiger partial charge >= 0.3 is 12.0 Å². The number of hydrogen-bond donors (Lipinski definition) is 1. The summed E-state index contributed by atoms with van der Waals surface area (Å²) in [6.45, 7) is 12.7. The predicted octanol–water partition coefficient (Wildman–Crippen LogP) is 6.84. The number of nitrogens with zero attached hydrogens (tertiary/aromatic N) is 4. The van der Waals surface area contributed by atoms with E-state index in [0.29, 0.717) is 46.6 Å². The number of piperidine rings is 1. The maximum atomic E-state index is 15.1. The molecule has 5 rings (SSSR count). The standard InChI is InChI=1S/C37H43Cl2N5O5/c1-7-48-29-20-30(35(2,3)4)41-21-28(29)32-42-36(5,24-8-12-26(38)13-9-24)37(6,25-10-14-27(39)15-11-25)44(32)34(47)43-18-16-23(17-19-43)33(46)49-22-31(40)45/h8-15,20-21,23H,7,16-19,22H2,1-6H3,(H2,40,45)/t36-,37+/m0/s1. The van der Waals surface area contributed by atoms with Crippen molar-refractivity contribution in [3.8, 4) is 5.75 Å². The van der Waals surface area contributed by atoms with Crippen molar-refractivity contribution in [1.82, 2.24) is 14.8 Å². The molecule has 2 N–H and O–H groups in total. The van der Waals surface area contributed by atoms with Crippen molar-refractivity contribution in [1.29, 1.82) is 0 Å². The van der Waals surface area contributed by atoms with Gasteiger partial charge in [0.25, 0.3) is 5.91 Å². The summed E-state index contributed by atoms with van der Waals surface area (Å²) in [6.07, 6.45) is 2.46. The Morgan fingerprint density at radius 2 is 1.53 bits per heavy atom. The van der Waals surface area contributed by atoms with Gasteiger partial charge in [-0.15, -0.1) is 0 Å². The number of ether oxygens (including phenoxy) is 2. The molecule has 12 heteroatoms. The Labute approximate surface area is 297 Å². The average molecular weight is 709 g/mol. The summed E-state index contributed by atoms with van der Waals surface area (Å²) in [4.78, 5) is 52.7. The van der Waals surface area contributed by atoms with Crippen LogP contribution in [0.3, 0.4) is 0 Å². The van der Waals surface area contributed by atoms with E-state index in [1.807, 2.05) is 63.2 Å². The minimum Gasteiger partial charge on any atom is -0.493 e. The summed E-state index contributed by atoms with van der Waals surface area (Å²) in [5.74, 6) is -0.714. The number of urea groups is 1. The topological polar surface area (TPSA) is 127 Å². The molecule has 3 heterocycles. The number of halogens is 2. The second-order valence-electron chi connectivity index (χ2n) is 13.8. The Balaban J connectivity index is 1.67. The maximum Gasteiger partial charge on any atom is 0.326 e. The molecule has 10 nitrogen and oxygen atoms in total. The summed E-state index contributed by atoms with van der Waals surface area (Å²) < 4.78 is 11.3. The van der Waals surface area contributed by atoms with Gasteiger partial charge in [-0.2, -0.15) is 0 Å². The van der Waals surface area contributed by atoms with E-state index in [2.05, 4.69) is 20.8 Å². The first-order valence-corrected chi connectivity index (χ1v) is 17.2. The molecule has 2 aliphatic heterocycles. The van der Waals surface area contributed by atoms with Crippen LogP contribution >= 0.6 is 23.2 Å². The first kappa shape index (κ1) is 36.1. The molecule has 2 aromatic carbocycles. The van der Waals surface area contributed by atoms with Crippen LogP contribution in [0.1, 0.15) is 76.8 Å². The second kappa shape index (κ2) is 14.0. The largest absolute Gasteiger partial charge is 0.493 e. The number of pyridine rings is 1. The average Bonchev–Trinajstić information content (AvgIpc) is 3.31. The molecule has 2 aliphatic rings. The van der Waals surface area contributed by atoms with Crippen molar-refractivity contribution in [2.45, 2.75) is 70.9 Å². The van der Waals surface area contributed by atoms with Gasteiger partial charge in [-0.25, -0.2) is 4.79 Å². The molecule has 0 unspecified atom stereocenters. The van der Waals surface area contributed by atoms with Gasteiger partial charge in [-0.3, -0.25) is 24.5 Å². The quantitative estimate of drug-likeness (QED) is 0.256. The number of nitrogens with two attached hydrogens (primary N) is 1. The third-order valence-electron chi connectivity index (χ3n) is 9.57. The van der Waals surface area contributed by atoms with Crippen LogP contribution in [0.4, 0.5) is 4.79 Å². The van der Waals surface area contributed by atoms with Crippen molar-refractivity contribution in [3.63, 3.8) is 0 Å².